The summed E-state index contributed by atoms with van der Waals surface area (Å²) in [6, 6.07) is 8.00. The molecule has 3 N–H and O–H groups in total. The van der Waals surface area contributed by atoms with Crippen molar-refractivity contribution in [2.75, 3.05) is 24.6 Å². The van der Waals surface area contributed by atoms with E-state index in [0.29, 0.717) is 10.9 Å². The summed E-state index contributed by atoms with van der Waals surface area (Å²) in [6.07, 6.45) is 2.01. The summed E-state index contributed by atoms with van der Waals surface area (Å²) in [6.45, 7) is 2.28. The van der Waals surface area contributed by atoms with E-state index < -0.39 is 0 Å². The molecule has 1 fully saturated rings. The summed E-state index contributed by atoms with van der Waals surface area (Å²) < 4.78 is 0. The average Bonchev–Trinajstić information content (AvgIpc) is 2.78. The highest BCUT2D eigenvalue weighted by Crippen LogP contribution is 2.28. The molecule has 4 heteroatoms. The fraction of sp³-hybridized carbons (Fsp3) is 0.462. The van der Waals surface area contributed by atoms with E-state index in [2.05, 4.69) is 11.0 Å². The fourth-order valence-electron chi connectivity index (χ4n) is 2.43. The molecular weight excluding hydrogens is 232 g/mol. The minimum atomic E-state index is 0.273. The Bertz CT molecular complexity index is 408. The maximum atomic E-state index is 8.97. The molecule has 0 aliphatic carbocycles. The first-order valence-corrected chi connectivity index (χ1v) is 6.38. The molecule has 1 unspecified atom stereocenters. The third-order valence-electron chi connectivity index (χ3n) is 3.33. The number of nitrogens with two attached hydrogens (primary N) is 1. The fourth-order valence-corrected chi connectivity index (χ4v) is 2.60. The van der Waals surface area contributed by atoms with Gasteiger partial charge in [-0.1, -0.05) is 24.4 Å². The Kier molecular flexibility index (Phi) is 3.97. The molecule has 0 bridgehead atoms. The lowest BCUT2D eigenvalue weighted by molar-refractivity contribution is 0.263. The molecule has 17 heavy (non-hydrogen) atoms. The van der Waals surface area contributed by atoms with E-state index in [1.54, 1.807) is 0 Å². The number of hydrogen-bond donors (Lipinski definition) is 2. The molecule has 1 aromatic carbocycles. The maximum Gasteiger partial charge on any atom is 0.106 e. The van der Waals surface area contributed by atoms with Crippen LogP contribution in [0, 0.1) is 5.92 Å². The molecule has 1 saturated heterocycles. The molecule has 0 radical (unpaired) electrons. The van der Waals surface area contributed by atoms with Gasteiger partial charge in [0, 0.05) is 30.9 Å². The van der Waals surface area contributed by atoms with Gasteiger partial charge in [0.25, 0.3) is 0 Å². The van der Waals surface area contributed by atoms with E-state index >= 15 is 0 Å². The lowest BCUT2D eigenvalue weighted by atomic mass is 10.1. The van der Waals surface area contributed by atoms with Gasteiger partial charge in [-0.2, -0.15) is 0 Å². The highest BCUT2D eigenvalue weighted by molar-refractivity contribution is 7.80. The third kappa shape index (κ3) is 2.76. The van der Waals surface area contributed by atoms with Crippen molar-refractivity contribution in [1.29, 1.82) is 0 Å². The van der Waals surface area contributed by atoms with Crippen LogP contribution in [-0.2, 0) is 0 Å². The maximum absolute atomic E-state index is 8.97. The minimum absolute atomic E-state index is 0.273. The van der Waals surface area contributed by atoms with Gasteiger partial charge >= 0.3 is 0 Å². The molecule has 3 nitrogen and oxygen atoms in total. The van der Waals surface area contributed by atoms with Crippen LogP contribution in [0.25, 0.3) is 0 Å². The monoisotopic (exact) mass is 250 g/mol. The molecule has 1 aliphatic rings. The molecule has 0 spiro atoms. The van der Waals surface area contributed by atoms with Crippen LogP contribution in [0.15, 0.2) is 24.3 Å². The van der Waals surface area contributed by atoms with E-state index in [9.17, 15) is 0 Å². The van der Waals surface area contributed by atoms with Gasteiger partial charge in [0.2, 0.25) is 0 Å². The van der Waals surface area contributed by atoms with Gasteiger partial charge < -0.3 is 15.7 Å². The number of hydrogen-bond acceptors (Lipinski definition) is 3. The number of aliphatic hydroxyl groups excluding tert-OH is 1. The molecule has 0 amide bonds. The number of rotatable bonds is 4. The smallest absolute Gasteiger partial charge is 0.106 e. The Hall–Kier alpha value is -1.13. The van der Waals surface area contributed by atoms with Gasteiger partial charge in [-0.15, -0.1) is 0 Å². The Morgan fingerprint density at radius 1 is 1.47 bits per heavy atom. The van der Waals surface area contributed by atoms with Crippen molar-refractivity contribution < 1.29 is 5.11 Å². The van der Waals surface area contributed by atoms with Gasteiger partial charge in [-0.05, 0) is 30.9 Å². The predicted molar refractivity (Wildman–Crippen MR) is 74.4 cm³/mol. The van der Waals surface area contributed by atoms with Crippen LogP contribution in [-0.4, -0.2) is 29.8 Å². The van der Waals surface area contributed by atoms with Gasteiger partial charge in [0.15, 0.2) is 0 Å². The molecule has 1 aliphatic heterocycles. The Morgan fingerprint density at radius 2 is 2.24 bits per heavy atom. The van der Waals surface area contributed by atoms with Crippen LogP contribution >= 0.6 is 12.2 Å². The molecular formula is C13H18N2OS. The minimum Gasteiger partial charge on any atom is -0.396 e. The summed E-state index contributed by atoms with van der Waals surface area (Å²) in [5, 5.41) is 8.97. The summed E-state index contributed by atoms with van der Waals surface area (Å²) in [5.74, 6) is 0.583. The Balaban J connectivity index is 2.16. The second-order valence-corrected chi connectivity index (χ2v) is 4.93. The molecule has 1 aromatic rings. The zero-order chi connectivity index (χ0) is 12.3. The van der Waals surface area contributed by atoms with Crippen molar-refractivity contribution in [3.63, 3.8) is 0 Å². The molecule has 2 rings (SSSR count). The van der Waals surface area contributed by atoms with Gasteiger partial charge in [-0.3, -0.25) is 0 Å². The van der Waals surface area contributed by atoms with E-state index in [1.807, 2.05) is 18.2 Å². The third-order valence-corrected chi connectivity index (χ3v) is 3.55. The quantitative estimate of drug-likeness (QED) is 0.796. The first kappa shape index (κ1) is 12.3. The molecule has 0 saturated carbocycles. The van der Waals surface area contributed by atoms with E-state index in [0.717, 1.165) is 37.2 Å². The summed E-state index contributed by atoms with van der Waals surface area (Å²) in [4.78, 5) is 2.76. The Labute approximate surface area is 107 Å². The van der Waals surface area contributed by atoms with Gasteiger partial charge in [0.05, 0.1) is 0 Å². The van der Waals surface area contributed by atoms with Gasteiger partial charge in [0.1, 0.15) is 4.99 Å². The molecule has 1 atom stereocenters. The standard InChI is InChI=1S/C13H18N2OS/c14-13(17)11-3-1-2-4-12(11)15-7-5-10(9-15)6-8-16/h1-4,10,16H,5-9H2,(H2,14,17). The van der Waals surface area contributed by atoms with Crippen molar-refractivity contribution >= 4 is 22.9 Å². The lowest BCUT2D eigenvalue weighted by Crippen LogP contribution is -2.23. The number of aliphatic hydroxyl groups is 1. The summed E-state index contributed by atoms with van der Waals surface area (Å²) >= 11 is 5.08. The summed E-state index contributed by atoms with van der Waals surface area (Å²) in [7, 11) is 0. The normalized spacial score (nSPS) is 19.6. The first-order valence-electron chi connectivity index (χ1n) is 5.97. The zero-order valence-electron chi connectivity index (χ0n) is 9.80. The largest absolute Gasteiger partial charge is 0.396 e. The van der Waals surface area contributed by atoms with E-state index in [4.69, 9.17) is 23.1 Å². The molecule has 92 valence electrons. The second kappa shape index (κ2) is 5.47. The van der Waals surface area contributed by atoms with Crippen LogP contribution in [0.3, 0.4) is 0 Å². The van der Waals surface area contributed by atoms with Crippen LogP contribution in [0.4, 0.5) is 5.69 Å². The van der Waals surface area contributed by atoms with Crippen LogP contribution < -0.4 is 10.6 Å². The number of thiocarbonyl (C=S) groups is 1. The molecule has 1 heterocycles. The average molecular weight is 250 g/mol. The van der Waals surface area contributed by atoms with Crippen molar-refractivity contribution in [2.24, 2.45) is 11.7 Å². The Morgan fingerprint density at radius 3 is 2.94 bits per heavy atom. The topological polar surface area (TPSA) is 49.5 Å². The molecule has 0 aromatic heterocycles. The van der Waals surface area contributed by atoms with Crippen LogP contribution in [0.1, 0.15) is 18.4 Å². The number of anilines is 1. The van der Waals surface area contributed by atoms with Crippen molar-refractivity contribution in [3.8, 4) is 0 Å². The lowest BCUT2D eigenvalue weighted by Gasteiger charge is -2.21. The van der Waals surface area contributed by atoms with E-state index in [-0.39, 0.29) is 6.61 Å². The number of para-hydroxylation sites is 1. The van der Waals surface area contributed by atoms with Crippen LogP contribution in [0.2, 0.25) is 0 Å². The van der Waals surface area contributed by atoms with Crippen molar-refractivity contribution in [2.45, 2.75) is 12.8 Å². The van der Waals surface area contributed by atoms with Crippen molar-refractivity contribution in [3.05, 3.63) is 29.8 Å². The number of benzene rings is 1. The van der Waals surface area contributed by atoms with Crippen molar-refractivity contribution in [1.82, 2.24) is 0 Å². The zero-order valence-corrected chi connectivity index (χ0v) is 10.6. The number of nitrogens with zero attached hydrogens (tertiary/aromatic N) is 1. The SMILES string of the molecule is NC(=S)c1ccccc1N1CCC(CCO)C1. The second-order valence-electron chi connectivity index (χ2n) is 4.49. The van der Waals surface area contributed by atoms with E-state index in [1.165, 1.54) is 0 Å². The summed E-state index contributed by atoms with van der Waals surface area (Å²) in [5.41, 5.74) is 7.82. The van der Waals surface area contributed by atoms with Gasteiger partial charge in [-0.25, -0.2) is 0 Å². The first-order chi connectivity index (χ1) is 8.22. The highest BCUT2D eigenvalue weighted by atomic mass is 32.1. The predicted octanol–water partition coefficient (Wildman–Crippen LogP) is 1.53. The highest BCUT2D eigenvalue weighted by Gasteiger charge is 2.23. The van der Waals surface area contributed by atoms with Crippen LogP contribution in [0.5, 0.6) is 0 Å².